The lowest BCUT2D eigenvalue weighted by molar-refractivity contribution is -0.131. The second-order valence-electron chi connectivity index (χ2n) is 8.46. The van der Waals surface area contributed by atoms with Crippen molar-refractivity contribution in [1.82, 2.24) is 25.1 Å². The number of hydrogen-bond acceptors (Lipinski definition) is 9. The Kier molecular flexibility index (Phi) is 6.01. The Bertz CT molecular complexity index is 1180. The van der Waals surface area contributed by atoms with E-state index in [9.17, 15) is 9.59 Å². The maximum atomic E-state index is 13.1. The highest BCUT2D eigenvalue weighted by Crippen LogP contribution is 2.31. The maximum Gasteiger partial charge on any atom is 0.265 e. The third kappa shape index (κ3) is 4.38. The van der Waals surface area contributed by atoms with E-state index in [1.54, 1.807) is 12.1 Å². The number of rotatable bonds is 5. The zero-order valence-electron chi connectivity index (χ0n) is 19.2. The largest absolute Gasteiger partial charge is 0.482 e. The Morgan fingerprint density at radius 3 is 2.74 bits per heavy atom. The summed E-state index contributed by atoms with van der Waals surface area (Å²) in [5, 5.41) is 8.04. The van der Waals surface area contributed by atoms with E-state index in [1.807, 2.05) is 30.9 Å². The first kappa shape index (κ1) is 22.1. The van der Waals surface area contributed by atoms with Crippen molar-refractivity contribution >= 4 is 17.5 Å². The number of ether oxygens (including phenoxy) is 1. The van der Waals surface area contributed by atoms with Crippen LogP contribution >= 0.6 is 0 Å². The number of carbonyl (C=O) groups excluding carboxylic acids is 2. The first-order valence-electron chi connectivity index (χ1n) is 11.3. The quantitative estimate of drug-likeness (QED) is 0.554. The van der Waals surface area contributed by atoms with E-state index in [-0.39, 0.29) is 25.0 Å². The summed E-state index contributed by atoms with van der Waals surface area (Å²) in [6.07, 6.45) is 0.813. The maximum absolute atomic E-state index is 13.1. The molecular formula is C23H26N6O5. The molecule has 0 unspecified atom stereocenters. The summed E-state index contributed by atoms with van der Waals surface area (Å²) in [6, 6.07) is 7.28. The van der Waals surface area contributed by atoms with Crippen molar-refractivity contribution in [3.05, 3.63) is 41.5 Å². The van der Waals surface area contributed by atoms with Gasteiger partial charge in [-0.25, -0.2) is 0 Å². The minimum absolute atomic E-state index is 0.00481. The van der Waals surface area contributed by atoms with Crippen LogP contribution in [-0.4, -0.2) is 76.2 Å². The van der Waals surface area contributed by atoms with Gasteiger partial charge in [0.2, 0.25) is 5.91 Å². The number of para-hydroxylation sites is 2. The summed E-state index contributed by atoms with van der Waals surface area (Å²) in [5.74, 6) is 1.94. The van der Waals surface area contributed by atoms with Gasteiger partial charge in [0.05, 0.1) is 17.9 Å². The van der Waals surface area contributed by atoms with Crippen molar-refractivity contribution in [2.24, 2.45) is 0 Å². The average Bonchev–Trinajstić information content (AvgIpc) is 3.33. The Hall–Kier alpha value is -3.73. The molecule has 11 heteroatoms. The van der Waals surface area contributed by atoms with Crippen LogP contribution < -0.4 is 9.64 Å². The molecule has 0 radical (unpaired) electrons. The molecular weight excluding hydrogens is 440 g/mol. The monoisotopic (exact) mass is 466 g/mol. The number of amides is 2. The number of hydrogen-bond donors (Lipinski definition) is 0. The Labute approximate surface area is 196 Å². The summed E-state index contributed by atoms with van der Waals surface area (Å²) < 4.78 is 16.1. The first-order chi connectivity index (χ1) is 16.5. The van der Waals surface area contributed by atoms with Gasteiger partial charge in [-0.2, -0.15) is 4.98 Å². The Morgan fingerprint density at radius 2 is 1.91 bits per heavy atom. The number of anilines is 1. The zero-order chi connectivity index (χ0) is 23.7. The van der Waals surface area contributed by atoms with Gasteiger partial charge in [0.15, 0.2) is 12.4 Å². The molecule has 0 spiro atoms. The number of benzene rings is 1. The minimum Gasteiger partial charge on any atom is -0.482 e. The van der Waals surface area contributed by atoms with Gasteiger partial charge in [-0.3, -0.25) is 19.4 Å². The smallest absolute Gasteiger partial charge is 0.265 e. The normalized spacial score (nSPS) is 16.8. The van der Waals surface area contributed by atoms with E-state index in [0.29, 0.717) is 60.8 Å². The van der Waals surface area contributed by atoms with Crippen molar-refractivity contribution in [1.29, 1.82) is 0 Å². The van der Waals surface area contributed by atoms with Crippen LogP contribution in [0.3, 0.4) is 0 Å². The van der Waals surface area contributed by atoms with Gasteiger partial charge in [-0.05, 0) is 32.4 Å². The lowest BCUT2D eigenvalue weighted by Gasteiger charge is -2.31. The van der Waals surface area contributed by atoms with Crippen molar-refractivity contribution < 1.29 is 23.4 Å². The molecule has 3 aromatic rings. The molecule has 4 heterocycles. The molecule has 34 heavy (non-hydrogen) atoms. The standard InChI is InChI=1S/C23H26N6O5/c1-15-22(16(2)33-25-15)23-24-19(26-34-23)12-27-8-5-9-28(11-10-27)20(30)13-29-17-6-3-4-7-18(17)32-14-21(29)31/h3-4,6-7H,5,8-14H2,1-2H3. The molecule has 11 nitrogen and oxygen atoms in total. The van der Waals surface area contributed by atoms with Crippen molar-refractivity contribution in [3.63, 3.8) is 0 Å². The third-order valence-electron chi connectivity index (χ3n) is 6.12. The van der Waals surface area contributed by atoms with Crippen LogP contribution in [0.2, 0.25) is 0 Å². The number of aromatic nitrogens is 3. The fourth-order valence-corrected chi connectivity index (χ4v) is 4.35. The van der Waals surface area contributed by atoms with Crippen molar-refractivity contribution in [3.8, 4) is 17.2 Å². The molecule has 5 rings (SSSR count). The van der Waals surface area contributed by atoms with Gasteiger partial charge < -0.3 is 18.7 Å². The molecule has 178 valence electrons. The number of carbonyl (C=O) groups is 2. The molecule has 0 atom stereocenters. The van der Waals surface area contributed by atoms with Crippen LogP contribution in [0.5, 0.6) is 5.75 Å². The number of aryl methyl sites for hydroxylation is 2. The number of nitrogens with zero attached hydrogens (tertiary/aromatic N) is 6. The molecule has 2 aromatic heterocycles. The fourth-order valence-electron chi connectivity index (χ4n) is 4.35. The van der Waals surface area contributed by atoms with Gasteiger partial charge in [0, 0.05) is 26.2 Å². The van der Waals surface area contributed by atoms with E-state index >= 15 is 0 Å². The van der Waals surface area contributed by atoms with E-state index in [0.717, 1.165) is 18.5 Å². The molecule has 0 saturated carbocycles. The van der Waals surface area contributed by atoms with E-state index in [2.05, 4.69) is 20.2 Å². The van der Waals surface area contributed by atoms with Crippen LogP contribution in [0.1, 0.15) is 23.7 Å². The molecule has 1 aromatic carbocycles. The summed E-state index contributed by atoms with van der Waals surface area (Å²) in [7, 11) is 0. The highest BCUT2D eigenvalue weighted by molar-refractivity contribution is 6.02. The van der Waals surface area contributed by atoms with Gasteiger partial charge >= 0.3 is 0 Å². The van der Waals surface area contributed by atoms with E-state index in [1.165, 1.54) is 4.90 Å². The molecule has 0 bridgehead atoms. The molecule has 0 aliphatic carbocycles. The van der Waals surface area contributed by atoms with Crippen LogP contribution in [0.4, 0.5) is 5.69 Å². The van der Waals surface area contributed by atoms with Crippen LogP contribution in [0, 0.1) is 13.8 Å². The minimum atomic E-state index is -0.213. The van der Waals surface area contributed by atoms with Crippen LogP contribution in [0.25, 0.3) is 11.5 Å². The number of fused-ring (bicyclic) bond motifs is 1. The Morgan fingerprint density at radius 1 is 1.06 bits per heavy atom. The highest BCUT2D eigenvalue weighted by Gasteiger charge is 2.29. The SMILES string of the molecule is Cc1noc(C)c1-c1nc(CN2CCCN(C(=O)CN3C(=O)COc4ccccc43)CC2)no1. The van der Waals surface area contributed by atoms with E-state index < -0.39 is 0 Å². The molecule has 1 fully saturated rings. The summed E-state index contributed by atoms with van der Waals surface area (Å²) in [4.78, 5) is 35.5. The van der Waals surface area contributed by atoms with E-state index in [4.69, 9.17) is 13.8 Å². The Balaban J connectivity index is 1.19. The molecule has 2 amide bonds. The predicted molar refractivity (Wildman–Crippen MR) is 120 cm³/mol. The summed E-state index contributed by atoms with van der Waals surface area (Å²) in [6.45, 7) is 6.78. The van der Waals surface area contributed by atoms with Gasteiger partial charge in [-0.1, -0.05) is 22.4 Å². The molecule has 0 N–H and O–H groups in total. The first-order valence-corrected chi connectivity index (χ1v) is 11.3. The van der Waals surface area contributed by atoms with Gasteiger partial charge in [0.1, 0.15) is 23.6 Å². The van der Waals surface area contributed by atoms with Gasteiger partial charge in [-0.15, -0.1) is 0 Å². The lowest BCUT2D eigenvalue weighted by atomic mass is 10.2. The highest BCUT2D eigenvalue weighted by atomic mass is 16.5. The molecule has 2 aliphatic heterocycles. The second kappa shape index (κ2) is 9.26. The average molecular weight is 466 g/mol. The van der Waals surface area contributed by atoms with Crippen molar-refractivity contribution in [2.45, 2.75) is 26.8 Å². The second-order valence-corrected chi connectivity index (χ2v) is 8.46. The van der Waals surface area contributed by atoms with Crippen LogP contribution in [-0.2, 0) is 16.1 Å². The lowest BCUT2D eigenvalue weighted by Crippen LogP contribution is -2.47. The molecule has 1 saturated heterocycles. The van der Waals surface area contributed by atoms with Crippen molar-refractivity contribution in [2.75, 3.05) is 44.2 Å². The topological polar surface area (TPSA) is 118 Å². The van der Waals surface area contributed by atoms with Gasteiger partial charge in [0.25, 0.3) is 11.8 Å². The summed E-state index contributed by atoms with van der Waals surface area (Å²) in [5.41, 5.74) is 2.07. The third-order valence-corrected chi connectivity index (χ3v) is 6.12. The predicted octanol–water partition coefficient (Wildman–Crippen LogP) is 1.80. The fraction of sp³-hybridized carbons (Fsp3) is 0.435. The zero-order valence-corrected chi connectivity index (χ0v) is 19.2. The summed E-state index contributed by atoms with van der Waals surface area (Å²) >= 11 is 0. The molecule has 2 aliphatic rings. The van der Waals surface area contributed by atoms with Crippen LogP contribution in [0.15, 0.2) is 33.3 Å².